The van der Waals surface area contributed by atoms with Crippen LogP contribution in [0.25, 0.3) is 0 Å². The number of carbonyl (C=O) groups excluding carboxylic acids is 4. The predicted molar refractivity (Wildman–Crippen MR) is 258 cm³/mol. The fourth-order valence-corrected chi connectivity index (χ4v) is 9.56. The van der Waals surface area contributed by atoms with Gasteiger partial charge in [-0.25, -0.2) is 19.2 Å². The van der Waals surface area contributed by atoms with Gasteiger partial charge in [0, 0.05) is 56.7 Å². The summed E-state index contributed by atoms with van der Waals surface area (Å²) in [6.45, 7) is 9.66. The highest BCUT2D eigenvalue weighted by atomic mass is 19.4. The van der Waals surface area contributed by atoms with Crippen molar-refractivity contribution in [2.24, 2.45) is 0 Å². The number of allylic oxidation sites excluding steroid dienone is 2. The molecular weight excluding hydrogens is 971 g/mol. The van der Waals surface area contributed by atoms with Gasteiger partial charge in [-0.15, -0.1) is 0 Å². The number of hydrogen-bond acceptors (Lipinski definition) is 10. The number of halogens is 6. The molecule has 3 aliphatic rings. The molecule has 1 saturated heterocycles. The smallest absolute Gasteiger partial charge is 0.424 e. The minimum absolute atomic E-state index is 0.0118. The van der Waals surface area contributed by atoms with E-state index in [2.05, 4.69) is 28.0 Å². The van der Waals surface area contributed by atoms with Crippen LogP contribution in [0.5, 0.6) is 0 Å². The second kappa shape index (κ2) is 22.9. The van der Waals surface area contributed by atoms with Crippen LogP contribution in [-0.4, -0.2) is 109 Å². The number of piperazine rings is 1. The molecule has 0 spiro atoms. The van der Waals surface area contributed by atoms with Crippen molar-refractivity contribution in [3.8, 4) is 12.1 Å². The molecule has 0 N–H and O–H groups in total. The third-order valence-corrected chi connectivity index (χ3v) is 13.1. The summed E-state index contributed by atoms with van der Waals surface area (Å²) in [6.07, 6.45) is -8.72. The van der Waals surface area contributed by atoms with Gasteiger partial charge < -0.3 is 29.1 Å². The number of urea groups is 2. The second-order valence-corrected chi connectivity index (χ2v) is 17.7. The molecule has 0 aromatic heterocycles. The maximum Gasteiger partial charge on any atom is 0.424 e. The molecule has 2 atom stereocenters. The summed E-state index contributed by atoms with van der Waals surface area (Å²) in [6, 6.07) is 24.1. The lowest BCUT2D eigenvalue weighted by Crippen LogP contribution is -2.52. The Morgan fingerprint density at radius 2 is 1.08 bits per heavy atom. The van der Waals surface area contributed by atoms with Crippen LogP contribution in [0, 0.1) is 34.8 Å². The van der Waals surface area contributed by atoms with Crippen molar-refractivity contribution >= 4 is 35.4 Å². The monoisotopic (exact) mass is 1020 g/mol. The van der Waals surface area contributed by atoms with E-state index >= 15 is 0 Å². The summed E-state index contributed by atoms with van der Waals surface area (Å²) >= 11 is 0. The summed E-state index contributed by atoms with van der Waals surface area (Å²) in [5.41, 5.74) is -0.487. The van der Waals surface area contributed by atoms with Gasteiger partial charge in [0.2, 0.25) is 0 Å². The number of anilines is 2. The Kier molecular flexibility index (Phi) is 16.7. The van der Waals surface area contributed by atoms with Gasteiger partial charge >= 0.3 is 36.4 Å². The standard InChI is InChI=1S/C54H52F6N8O6/c1-5-73-49(69)45-35(3)67(43-13-7-11-41(31-43)53(55,56)57)51(71)65(47(45)39-19-15-37(33-61)16-20-39)25-9-23-63-27-29-64(30-28-63)24-10-26-66-48(40-21-17-38(34-62)18-22-40)46(50(70)74-6-2)36(4)68(52(66)72)44-14-8-12-42(32-44)54(58,59)60/h7,11,13-22,31-32,47-48H,5-6,9-10,23-30H2,1-4H3. The van der Waals surface area contributed by atoms with Crippen LogP contribution in [0.1, 0.15) is 86.0 Å². The van der Waals surface area contributed by atoms with Crippen molar-refractivity contribution < 1.29 is 55.0 Å². The van der Waals surface area contributed by atoms with E-state index < -0.39 is 59.6 Å². The Labute approximate surface area is 424 Å². The second-order valence-electron chi connectivity index (χ2n) is 17.7. The Morgan fingerprint density at radius 3 is 1.49 bits per heavy atom. The highest BCUT2D eigenvalue weighted by Gasteiger charge is 2.45. The Bertz CT molecular complexity index is 2690. The lowest BCUT2D eigenvalue weighted by molar-refractivity contribution is -0.140. The molecule has 386 valence electrons. The number of benzene rings is 3. The minimum atomic E-state index is -4.79. The molecule has 20 heteroatoms. The molecule has 3 heterocycles. The van der Waals surface area contributed by atoms with E-state index in [4.69, 9.17) is 9.47 Å². The van der Waals surface area contributed by atoms with Crippen molar-refractivity contribution in [2.75, 3.05) is 75.4 Å². The lowest BCUT2D eigenvalue weighted by atomic mass is 9.92. The summed E-state index contributed by atoms with van der Waals surface area (Å²) < 4.78 is 94.5. The van der Waals surface area contributed by atoms with E-state index in [0.29, 0.717) is 74.4 Å². The van der Waals surface area contributed by atoms with Gasteiger partial charge in [0.25, 0.3) is 0 Å². The summed E-state index contributed by atoms with van der Waals surface area (Å²) in [5, 5.41) is 19.0. The third-order valence-electron chi connectivity index (χ3n) is 13.1. The highest BCUT2D eigenvalue weighted by molar-refractivity contribution is 6.04. The number of alkyl halides is 6. The summed E-state index contributed by atoms with van der Waals surface area (Å²) in [4.78, 5) is 66.3. The van der Waals surface area contributed by atoms with Gasteiger partial charge in [0.1, 0.15) is 5.56 Å². The van der Waals surface area contributed by atoms with Gasteiger partial charge in [0.05, 0.1) is 76.6 Å². The van der Waals surface area contributed by atoms with E-state index in [-0.39, 0.29) is 60.2 Å². The number of carbonyl (C=O) groups is 4. The number of esters is 2. The first-order valence-electron chi connectivity index (χ1n) is 23.9. The molecule has 74 heavy (non-hydrogen) atoms. The summed E-state index contributed by atoms with van der Waals surface area (Å²) in [5.74, 6) is -1.52. The Balaban J connectivity index is 1.07. The SMILES string of the molecule is CCOC(=O)C1=C(C)N(c2cc#cc(C(F)(F)F)c2)C(=O)N(CCCN2CCN(CCCN3C(=O)N(c4cccc(C(F)(F)F)c4)C(C)=C(C(=O)OCC)C3c3ccc(C#N)cc3)CC2)C1c1ccc(C#N)cc1. The van der Waals surface area contributed by atoms with E-state index in [1.807, 2.05) is 6.07 Å². The van der Waals surface area contributed by atoms with Crippen LogP contribution in [-0.2, 0) is 31.4 Å². The zero-order valence-electron chi connectivity index (χ0n) is 41.0. The van der Waals surface area contributed by atoms with Crippen molar-refractivity contribution in [3.05, 3.63) is 153 Å². The molecule has 4 aromatic carbocycles. The molecule has 7 rings (SSSR count). The number of amides is 4. The molecule has 2 unspecified atom stereocenters. The molecule has 0 aliphatic carbocycles. The minimum Gasteiger partial charge on any atom is -0.463 e. The molecule has 1 fully saturated rings. The zero-order valence-corrected chi connectivity index (χ0v) is 41.0. The quantitative estimate of drug-likeness (QED) is 0.0783. The maximum atomic E-state index is 14.7. The predicted octanol–water partition coefficient (Wildman–Crippen LogP) is 9.81. The largest absolute Gasteiger partial charge is 0.463 e. The van der Waals surface area contributed by atoms with E-state index in [1.165, 1.54) is 41.8 Å². The summed E-state index contributed by atoms with van der Waals surface area (Å²) in [7, 11) is 0. The maximum absolute atomic E-state index is 14.7. The third kappa shape index (κ3) is 11.7. The van der Waals surface area contributed by atoms with Crippen LogP contribution in [0.15, 0.2) is 107 Å². The van der Waals surface area contributed by atoms with Gasteiger partial charge in [-0.05, 0) is 113 Å². The first-order valence-corrected chi connectivity index (χ1v) is 23.9. The first kappa shape index (κ1) is 53.9. The Hall–Kier alpha value is -7.86. The molecule has 4 aromatic rings. The van der Waals surface area contributed by atoms with Crippen molar-refractivity contribution in [3.63, 3.8) is 0 Å². The van der Waals surface area contributed by atoms with Gasteiger partial charge in [-0.1, -0.05) is 42.5 Å². The number of nitrogens with zero attached hydrogens (tertiary/aromatic N) is 8. The van der Waals surface area contributed by atoms with Gasteiger partial charge in [-0.3, -0.25) is 9.80 Å². The molecule has 0 bridgehead atoms. The van der Waals surface area contributed by atoms with E-state index in [9.17, 15) is 56.0 Å². The van der Waals surface area contributed by atoms with Gasteiger partial charge in [-0.2, -0.15) is 36.9 Å². The zero-order chi connectivity index (χ0) is 53.5. The van der Waals surface area contributed by atoms with Crippen molar-refractivity contribution in [1.82, 2.24) is 19.6 Å². The van der Waals surface area contributed by atoms with Crippen LogP contribution in [0.2, 0.25) is 0 Å². The normalized spacial score (nSPS) is 18.1. The number of nitriles is 2. The average Bonchev–Trinajstić information content (AvgIpc) is 3.37. The average molecular weight is 1020 g/mol. The van der Waals surface area contributed by atoms with Crippen molar-refractivity contribution in [2.45, 2.75) is 65.0 Å². The Morgan fingerprint density at radius 1 is 0.635 bits per heavy atom. The van der Waals surface area contributed by atoms with Gasteiger partial charge in [0.15, 0.2) is 0 Å². The van der Waals surface area contributed by atoms with Crippen LogP contribution < -0.4 is 9.80 Å². The molecular formula is C54H52F6N8O6. The number of rotatable bonds is 16. The molecule has 0 radical (unpaired) electrons. The van der Waals surface area contributed by atoms with E-state index in [1.54, 1.807) is 62.4 Å². The number of ether oxygens (including phenoxy) is 2. The van der Waals surface area contributed by atoms with Crippen molar-refractivity contribution in [1.29, 1.82) is 10.5 Å². The molecule has 3 aliphatic heterocycles. The number of hydrogen-bond donors (Lipinski definition) is 0. The van der Waals surface area contributed by atoms with Crippen LogP contribution in [0.4, 0.5) is 47.3 Å². The highest BCUT2D eigenvalue weighted by Crippen LogP contribution is 2.43. The van der Waals surface area contributed by atoms with Crippen LogP contribution in [0.3, 0.4) is 0 Å². The van der Waals surface area contributed by atoms with E-state index in [0.717, 1.165) is 28.0 Å². The lowest BCUT2D eigenvalue weighted by Gasteiger charge is -2.43. The fraction of sp³-hybridized carbons (Fsp3) is 0.370. The fourth-order valence-electron chi connectivity index (χ4n) is 9.56. The molecule has 4 amide bonds. The molecule has 14 nitrogen and oxygen atoms in total. The molecule has 0 saturated carbocycles. The first-order chi connectivity index (χ1) is 35.3. The van der Waals surface area contributed by atoms with Crippen LogP contribution >= 0.6 is 0 Å². The topological polar surface area (TPSA) is 154 Å².